The van der Waals surface area contributed by atoms with Gasteiger partial charge in [-0.1, -0.05) is 35.9 Å². The molecule has 2 amide bonds. The topological polar surface area (TPSA) is 50.2 Å². The van der Waals surface area contributed by atoms with Gasteiger partial charge in [0.25, 0.3) is 0 Å². The van der Waals surface area contributed by atoms with Gasteiger partial charge in [-0.15, -0.1) is 0 Å². The number of carbonyl (C=O) groups is 1. The molecule has 5 nitrogen and oxygen atoms in total. The van der Waals surface area contributed by atoms with Crippen molar-refractivity contribution in [1.29, 1.82) is 0 Å². The molecule has 3 aromatic rings. The highest BCUT2D eigenvalue weighted by Crippen LogP contribution is 2.11. The molecule has 1 N–H and O–H groups in total. The third-order valence-electron chi connectivity index (χ3n) is 4.07. The van der Waals surface area contributed by atoms with E-state index in [0.29, 0.717) is 18.1 Å². The van der Waals surface area contributed by atoms with Crippen molar-refractivity contribution in [3.05, 3.63) is 83.1 Å². The van der Waals surface area contributed by atoms with E-state index in [-0.39, 0.29) is 6.03 Å². The molecule has 26 heavy (non-hydrogen) atoms. The third kappa shape index (κ3) is 4.86. The fraction of sp³-hybridized carbons (Fsp3) is 0.200. The van der Waals surface area contributed by atoms with E-state index in [2.05, 4.69) is 22.5 Å². The maximum atomic E-state index is 12.2. The Bertz CT molecular complexity index is 829. The minimum atomic E-state index is -0.0897. The number of amides is 2. The van der Waals surface area contributed by atoms with Gasteiger partial charge in [0.1, 0.15) is 0 Å². The average Bonchev–Trinajstić information content (AvgIpc) is 3.19. The minimum Gasteiger partial charge on any atom is -0.338 e. The highest BCUT2D eigenvalue weighted by molar-refractivity contribution is 6.30. The number of hydrogen-bond acceptors (Lipinski definition) is 2. The maximum absolute atomic E-state index is 12.2. The maximum Gasteiger partial charge on any atom is 0.317 e. The molecule has 0 bridgehead atoms. The molecule has 3 rings (SSSR count). The van der Waals surface area contributed by atoms with Crippen LogP contribution in [-0.2, 0) is 13.0 Å². The van der Waals surface area contributed by atoms with Gasteiger partial charge in [-0.2, -0.15) is 5.10 Å². The molecule has 6 heteroatoms. The lowest BCUT2D eigenvalue weighted by Gasteiger charge is -2.18. The highest BCUT2D eigenvalue weighted by Gasteiger charge is 2.08. The van der Waals surface area contributed by atoms with Crippen LogP contribution in [0.25, 0.3) is 5.69 Å². The van der Waals surface area contributed by atoms with Crippen molar-refractivity contribution in [3.8, 4) is 5.69 Å². The first kappa shape index (κ1) is 18.0. The number of nitrogens with zero attached hydrogens (tertiary/aromatic N) is 3. The normalized spacial score (nSPS) is 10.5. The van der Waals surface area contributed by atoms with E-state index in [1.165, 1.54) is 5.56 Å². The van der Waals surface area contributed by atoms with Crippen LogP contribution in [0.1, 0.15) is 11.1 Å². The largest absolute Gasteiger partial charge is 0.338 e. The second-order valence-corrected chi connectivity index (χ2v) is 6.52. The van der Waals surface area contributed by atoms with Crippen molar-refractivity contribution in [2.24, 2.45) is 0 Å². The Morgan fingerprint density at radius 2 is 1.81 bits per heavy atom. The van der Waals surface area contributed by atoms with Crippen LogP contribution < -0.4 is 5.32 Å². The molecule has 0 saturated heterocycles. The lowest BCUT2D eigenvalue weighted by molar-refractivity contribution is 0.207. The molecule has 0 aliphatic rings. The van der Waals surface area contributed by atoms with E-state index < -0.39 is 0 Å². The van der Waals surface area contributed by atoms with E-state index in [9.17, 15) is 4.79 Å². The monoisotopic (exact) mass is 368 g/mol. The Labute approximate surface area is 158 Å². The van der Waals surface area contributed by atoms with Crippen molar-refractivity contribution in [3.63, 3.8) is 0 Å². The number of urea groups is 1. The fourth-order valence-electron chi connectivity index (χ4n) is 2.62. The third-order valence-corrected chi connectivity index (χ3v) is 4.33. The van der Waals surface area contributed by atoms with E-state index in [0.717, 1.165) is 17.7 Å². The summed E-state index contributed by atoms with van der Waals surface area (Å²) in [5, 5.41) is 7.85. The van der Waals surface area contributed by atoms with E-state index >= 15 is 0 Å². The summed E-state index contributed by atoms with van der Waals surface area (Å²) in [6.45, 7) is 1.13. The average molecular weight is 369 g/mol. The second kappa shape index (κ2) is 8.54. The molecule has 0 saturated carbocycles. The molecular weight excluding hydrogens is 348 g/mol. The standard InChI is InChI=1S/C20H21ClN4O/c1-24(15-17-3-7-18(21)8-4-17)20(26)22-13-11-16-5-9-19(10-6-16)25-14-2-12-23-25/h2-10,12,14H,11,13,15H2,1H3,(H,22,26). The zero-order valence-corrected chi connectivity index (χ0v) is 15.4. The van der Waals surface area contributed by atoms with Crippen molar-refractivity contribution < 1.29 is 4.79 Å². The Morgan fingerprint density at radius 3 is 2.46 bits per heavy atom. The van der Waals surface area contributed by atoms with Gasteiger partial charge in [-0.25, -0.2) is 9.48 Å². The summed E-state index contributed by atoms with van der Waals surface area (Å²) >= 11 is 5.88. The summed E-state index contributed by atoms with van der Waals surface area (Å²) in [6, 6.07) is 17.5. The number of aromatic nitrogens is 2. The first-order chi connectivity index (χ1) is 12.6. The Kier molecular flexibility index (Phi) is 5.92. The van der Waals surface area contributed by atoms with Crippen LogP contribution >= 0.6 is 11.6 Å². The van der Waals surface area contributed by atoms with E-state index in [1.807, 2.05) is 53.3 Å². The molecule has 2 aromatic carbocycles. The van der Waals surface area contributed by atoms with Crippen molar-refractivity contribution in [2.45, 2.75) is 13.0 Å². The molecule has 0 atom stereocenters. The van der Waals surface area contributed by atoms with Gasteiger partial charge in [0.05, 0.1) is 5.69 Å². The van der Waals surface area contributed by atoms with Gasteiger partial charge >= 0.3 is 6.03 Å². The van der Waals surface area contributed by atoms with Crippen LogP contribution in [0.15, 0.2) is 67.0 Å². The molecule has 1 heterocycles. The summed E-state index contributed by atoms with van der Waals surface area (Å²) in [4.78, 5) is 13.8. The molecule has 0 aliphatic carbocycles. The fourth-order valence-corrected chi connectivity index (χ4v) is 2.75. The second-order valence-electron chi connectivity index (χ2n) is 6.08. The molecular formula is C20H21ClN4O. The van der Waals surface area contributed by atoms with Gasteiger partial charge < -0.3 is 10.2 Å². The zero-order chi connectivity index (χ0) is 18.4. The highest BCUT2D eigenvalue weighted by atomic mass is 35.5. The summed E-state index contributed by atoms with van der Waals surface area (Å²) in [5.41, 5.74) is 3.23. The number of nitrogens with one attached hydrogen (secondary N) is 1. The number of hydrogen-bond donors (Lipinski definition) is 1. The van der Waals surface area contributed by atoms with E-state index in [4.69, 9.17) is 11.6 Å². The predicted molar refractivity (Wildman–Crippen MR) is 104 cm³/mol. The molecule has 1 aromatic heterocycles. The number of halogens is 1. The van der Waals surface area contributed by atoms with Crippen LogP contribution in [0, 0.1) is 0 Å². The minimum absolute atomic E-state index is 0.0897. The molecule has 0 aliphatic heterocycles. The lowest BCUT2D eigenvalue weighted by atomic mass is 10.1. The smallest absolute Gasteiger partial charge is 0.317 e. The molecule has 0 unspecified atom stereocenters. The Morgan fingerprint density at radius 1 is 1.12 bits per heavy atom. The summed E-state index contributed by atoms with van der Waals surface area (Å²) in [6.07, 6.45) is 4.44. The molecule has 0 spiro atoms. The number of rotatable bonds is 6. The summed E-state index contributed by atoms with van der Waals surface area (Å²) < 4.78 is 1.82. The van der Waals surface area contributed by atoms with Gasteiger partial charge in [0.2, 0.25) is 0 Å². The lowest BCUT2D eigenvalue weighted by Crippen LogP contribution is -2.37. The zero-order valence-electron chi connectivity index (χ0n) is 14.6. The van der Waals surface area contributed by atoms with Crippen LogP contribution in [0.3, 0.4) is 0 Å². The SMILES string of the molecule is CN(Cc1ccc(Cl)cc1)C(=O)NCCc1ccc(-n2cccn2)cc1. The van der Waals surface area contributed by atoms with Crippen molar-refractivity contribution >= 4 is 17.6 Å². The van der Waals surface area contributed by atoms with Crippen LogP contribution in [0.2, 0.25) is 5.02 Å². The summed E-state index contributed by atoms with van der Waals surface area (Å²) in [5.74, 6) is 0. The van der Waals surface area contributed by atoms with Crippen LogP contribution in [-0.4, -0.2) is 34.3 Å². The predicted octanol–water partition coefficient (Wildman–Crippen LogP) is 3.91. The Balaban J connectivity index is 1.45. The summed E-state index contributed by atoms with van der Waals surface area (Å²) in [7, 11) is 1.78. The molecule has 0 fully saturated rings. The van der Waals surface area contributed by atoms with Crippen molar-refractivity contribution in [1.82, 2.24) is 20.0 Å². The molecule has 134 valence electrons. The quantitative estimate of drug-likeness (QED) is 0.717. The molecule has 0 radical (unpaired) electrons. The van der Waals surface area contributed by atoms with Gasteiger partial charge in [-0.05, 0) is 47.9 Å². The number of benzene rings is 2. The van der Waals surface area contributed by atoms with Crippen molar-refractivity contribution in [2.75, 3.05) is 13.6 Å². The Hall–Kier alpha value is -2.79. The number of carbonyl (C=O) groups excluding carboxylic acids is 1. The van der Waals surface area contributed by atoms with Gasteiger partial charge in [0, 0.05) is 37.6 Å². The first-order valence-electron chi connectivity index (χ1n) is 8.44. The van der Waals surface area contributed by atoms with E-state index in [1.54, 1.807) is 18.1 Å². The van der Waals surface area contributed by atoms with Gasteiger partial charge in [0.15, 0.2) is 0 Å². The van der Waals surface area contributed by atoms with Crippen LogP contribution in [0.5, 0.6) is 0 Å². The first-order valence-corrected chi connectivity index (χ1v) is 8.82. The van der Waals surface area contributed by atoms with Crippen LogP contribution in [0.4, 0.5) is 4.79 Å². The van der Waals surface area contributed by atoms with Gasteiger partial charge in [-0.3, -0.25) is 0 Å².